The van der Waals surface area contributed by atoms with E-state index >= 15 is 0 Å². The molecule has 1 unspecified atom stereocenters. The number of rotatable bonds is 5. The maximum Gasteiger partial charge on any atom is 0.313 e. The molecular formula is C15H20N2O2. The Bertz CT molecular complexity index is 489. The number of carbonyl (C=O) groups is 1. The monoisotopic (exact) mass is 260 g/mol. The first-order valence-corrected chi connectivity index (χ1v) is 6.29. The van der Waals surface area contributed by atoms with Crippen LogP contribution in [0.15, 0.2) is 24.3 Å². The van der Waals surface area contributed by atoms with Gasteiger partial charge in [-0.3, -0.25) is 4.79 Å². The van der Waals surface area contributed by atoms with Crippen LogP contribution < -0.4 is 5.73 Å². The van der Waals surface area contributed by atoms with Crippen molar-refractivity contribution in [1.82, 2.24) is 0 Å². The topological polar surface area (TPSA) is 76.1 Å². The number of carbonyl (C=O) groups excluding carboxylic acids is 1. The van der Waals surface area contributed by atoms with E-state index < -0.39 is 5.41 Å². The van der Waals surface area contributed by atoms with Gasteiger partial charge in [0.1, 0.15) is 0 Å². The molecule has 0 aliphatic heterocycles. The number of benzene rings is 1. The zero-order valence-corrected chi connectivity index (χ0v) is 11.6. The number of anilines is 1. The van der Waals surface area contributed by atoms with Gasteiger partial charge in [0.25, 0.3) is 0 Å². The third-order valence-electron chi connectivity index (χ3n) is 3.04. The lowest BCUT2D eigenvalue weighted by molar-refractivity contribution is -0.145. The number of esters is 1. The van der Waals surface area contributed by atoms with E-state index in [2.05, 4.69) is 6.07 Å². The van der Waals surface area contributed by atoms with Gasteiger partial charge >= 0.3 is 5.97 Å². The molecule has 4 nitrogen and oxygen atoms in total. The van der Waals surface area contributed by atoms with E-state index in [0.29, 0.717) is 12.1 Å². The van der Waals surface area contributed by atoms with E-state index in [0.717, 1.165) is 5.56 Å². The molecule has 1 rings (SSSR count). The largest absolute Gasteiger partial charge is 0.465 e. The van der Waals surface area contributed by atoms with E-state index in [1.165, 1.54) is 0 Å². The van der Waals surface area contributed by atoms with Crippen molar-refractivity contribution in [1.29, 1.82) is 5.26 Å². The first-order valence-electron chi connectivity index (χ1n) is 6.29. The van der Waals surface area contributed by atoms with E-state index in [-0.39, 0.29) is 18.5 Å². The third-order valence-corrected chi connectivity index (χ3v) is 3.04. The van der Waals surface area contributed by atoms with Gasteiger partial charge in [0, 0.05) is 5.69 Å². The van der Waals surface area contributed by atoms with E-state index in [1.807, 2.05) is 26.0 Å². The smallest absolute Gasteiger partial charge is 0.313 e. The number of ether oxygens (including phenoxy) is 1. The summed E-state index contributed by atoms with van der Waals surface area (Å²) in [6.07, 6.45) is 0.527. The molecule has 0 saturated heterocycles. The summed E-state index contributed by atoms with van der Waals surface area (Å²) in [4.78, 5) is 11.9. The highest BCUT2D eigenvalue weighted by Crippen LogP contribution is 2.21. The van der Waals surface area contributed by atoms with Gasteiger partial charge in [-0.05, 0) is 44.9 Å². The average molecular weight is 260 g/mol. The number of nitrogens with two attached hydrogens (primary N) is 1. The molecule has 1 aromatic carbocycles. The molecule has 0 heterocycles. The highest BCUT2D eigenvalue weighted by atomic mass is 16.5. The summed E-state index contributed by atoms with van der Waals surface area (Å²) in [5.74, 6) is -0.645. The van der Waals surface area contributed by atoms with Crippen molar-refractivity contribution >= 4 is 11.7 Å². The molecule has 102 valence electrons. The van der Waals surface area contributed by atoms with Gasteiger partial charge in [0.2, 0.25) is 0 Å². The summed E-state index contributed by atoms with van der Waals surface area (Å²) in [6.45, 7) is 5.68. The van der Waals surface area contributed by atoms with Gasteiger partial charge in [-0.2, -0.15) is 5.26 Å². The molecule has 0 bridgehead atoms. The summed E-state index contributed by atoms with van der Waals surface area (Å²) in [5.41, 5.74) is 6.68. The molecule has 0 radical (unpaired) electrons. The fraction of sp³-hybridized carbons (Fsp3) is 0.467. The lowest BCUT2D eigenvalue weighted by atomic mass is 9.92. The molecule has 2 N–H and O–H groups in total. The van der Waals surface area contributed by atoms with Crippen molar-refractivity contribution in [3.8, 4) is 6.07 Å². The van der Waals surface area contributed by atoms with Gasteiger partial charge in [-0.15, -0.1) is 0 Å². The second-order valence-corrected chi connectivity index (χ2v) is 5.30. The van der Waals surface area contributed by atoms with Crippen LogP contribution in [0, 0.1) is 16.7 Å². The van der Waals surface area contributed by atoms with Crippen molar-refractivity contribution in [2.75, 3.05) is 12.3 Å². The number of hydrogen-bond donors (Lipinski definition) is 1. The van der Waals surface area contributed by atoms with Crippen LogP contribution in [0.4, 0.5) is 5.69 Å². The third kappa shape index (κ3) is 4.63. The Morgan fingerprint density at radius 1 is 1.53 bits per heavy atom. The summed E-state index contributed by atoms with van der Waals surface area (Å²) in [6, 6.07) is 9.38. The molecule has 0 aromatic heterocycles. The van der Waals surface area contributed by atoms with Crippen LogP contribution in [0.1, 0.15) is 38.7 Å². The lowest BCUT2D eigenvalue weighted by Crippen LogP contribution is -2.18. The Kier molecular flexibility index (Phi) is 4.94. The quantitative estimate of drug-likeness (QED) is 0.652. The molecule has 0 fully saturated rings. The molecule has 0 aliphatic carbocycles. The first kappa shape index (κ1) is 15.0. The van der Waals surface area contributed by atoms with Gasteiger partial charge in [0.05, 0.1) is 24.0 Å². The van der Waals surface area contributed by atoms with Gasteiger partial charge in [-0.25, -0.2) is 0 Å². The van der Waals surface area contributed by atoms with Gasteiger partial charge < -0.3 is 10.5 Å². The Morgan fingerprint density at radius 2 is 2.21 bits per heavy atom. The fourth-order valence-corrected chi connectivity index (χ4v) is 1.55. The zero-order valence-electron chi connectivity index (χ0n) is 11.6. The first-order chi connectivity index (χ1) is 8.85. The normalized spacial score (nSPS) is 12.5. The summed E-state index contributed by atoms with van der Waals surface area (Å²) in [7, 11) is 0. The summed E-state index contributed by atoms with van der Waals surface area (Å²) >= 11 is 0. The molecule has 4 heteroatoms. The maximum atomic E-state index is 11.9. The van der Waals surface area contributed by atoms with Crippen LogP contribution >= 0.6 is 0 Å². The van der Waals surface area contributed by atoms with Crippen molar-refractivity contribution in [3.05, 3.63) is 29.8 Å². The van der Waals surface area contributed by atoms with Crippen molar-refractivity contribution in [2.24, 2.45) is 5.41 Å². The van der Waals surface area contributed by atoms with Crippen molar-refractivity contribution in [2.45, 2.75) is 33.1 Å². The minimum atomic E-state index is -0.472. The molecule has 19 heavy (non-hydrogen) atoms. The van der Waals surface area contributed by atoms with Crippen LogP contribution in [-0.4, -0.2) is 12.6 Å². The number of hydrogen-bond acceptors (Lipinski definition) is 4. The molecule has 0 amide bonds. The molecule has 0 spiro atoms. The molecular weight excluding hydrogens is 240 g/mol. The molecule has 1 atom stereocenters. The Morgan fingerprint density at radius 3 is 2.79 bits per heavy atom. The van der Waals surface area contributed by atoms with E-state index in [1.54, 1.807) is 19.1 Å². The van der Waals surface area contributed by atoms with E-state index in [9.17, 15) is 4.79 Å². The second-order valence-electron chi connectivity index (χ2n) is 5.30. The zero-order chi connectivity index (χ0) is 14.5. The minimum Gasteiger partial charge on any atom is -0.465 e. The van der Waals surface area contributed by atoms with Crippen LogP contribution in [0.2, 0.25) is 0 Å². The summed E-state index contributed by atoms with van der Waals surface area (Å²) in [5, 5.41) is 8.87. The Labute approximate surface area is 114 Å². The molecule has 1 aromatic rings. The van der Waals surface area contributed by atoms with Gasteiger partial charge in [-0.1, -0.05) is 12.1 Å². The highest BCUT2D eigenvalue weighted by molar-refractivity contribution is 5.78. The van der Waals surface area contributed by atoms with Crippen molar-refractivity contribution in [3.63, 3.8) is 0 Å². The lowest BCUT2D eigenvalue weighted by Gasteiger charge is -2.16. The second kappa shape index (κ2) is 6.24. The highest BCUT2D eigenvalue weighted by Gasteiger charge is 2.20. The number of nitrogen functional groups attached to an aromatic ring is 1. The van der Waals surface area contributed by atoms with Crippen LogP contribution in [0.25, 0.3) is 0 Å². The Balaban J connectivity index is 2.53. The van der Waals surface area contributed by atoms with Crippen LogP contribution in [-0.2, 0) is 9.53 Å². The minimum absolute atomic E-state index is 0.256. The SMILES string of the molecule is CC(C(=O)OCCC(C)(C)C#N)c1cccc(N)c1. The molecule has 0 saturated carbocycles. The Hall–Kier alpha value is -2.02. The number of nitrogens with zero attached hydrogens (tertiary/aromatic N) is 1. The molecule has 0 aliphatic rings. The maximum absolute atomic E-state index is 11.9. The number of nitriles is 1. The van der Waals surface area contributed by atoms with Crippen LogP contribution in [0.3, 0.4) is 0 Å². The average Bonchev–Trinajstić information content (AvgIpc) is 2.37. The van der Waals surface area contributed by atoms with E-state index in [4.69, 9.17) is 15.7 Å². The van der Waals surface area contributed by atoms with Crippen LogP contribution in [0.5, 0.6) is 0 Å². The van der Waals surface area contributed by atoms with Gasteiger partial charge in [0.15, 0.2) is 0 Å². The summed E-state index contributed by atoms with van der Waals surface area (Å²) < 4.78 is 5.20. The predicted octanol–water partition coefficient (Wildman–Crippen LogP) is 2.86. The van der Waals surface area contributed by atoms with Crippen molar-refractivity contribution < 1.29 is 9.53 Å². The predicted molar refractivity (Wildman–Crippen MR) is 74.2 cm³/mol. The fourth-order valence-electron chi connectivity index (χ4n) is 1.55. The standard InChI is InChI=1S/C15H20N2O2/c1-11(12-5-4-6-13(17)9-12)14(18)19-8-7-15(2,3)10-16/h4-6,9,11H,7-8,17H2,1-3H3.